The van der Waals surface area contributed by atoms with Gasteiger partial charge in [0.2, 0.25) is 10.0 Å². The smallest absolute Gasteiger partial charge is 0.244 e. The van der Waals surface area contributed by atoms with Gasteiger partial charge in [-0.05, 0) is 30.7 Å². The molecule has 0 amide bonds. The quantitative estimate of drug-likeness (QED) is 0.887. The summed E-state index contributed by atoms with van der Waals surface area (Å²) in [6.07, 6.45) is 4.79. The lowest BCUT2D eigenvalue weighted by Gasteiger charge is -2.18. The van der Waals surface area contributed by atoms with Crippen LogP contribution in [-0.4, -0.2) is 36.8 Å². The maximum atomic E-state index is 12.5. The van der Waals surface area contributed by atoms with Crippen LogP contribution in [0.1, 0.15) is 12.8 Å². The van der Waals surface area contributed by atoms with Crippen LogP contribution in [0.3, 0.4) is 0 Å². The standard InChI is InChI=1S/C12H16ClN3O2S.ClH/c13-9-3-10(5-15-4-9)19(17,18)16-6-8-1-2-12(14)11(8)7-16;/h3-5,8,11-12H,1-2,6-7,14H2;1H. The molecule has 0 radical (unpaired) electrons. The Labute approximate surface area is 130 Å². The van der Waals surface area contributed by atoms with Crippen molar-refractivity contribution in [2.45, 2.75) is 23.8 Å². The Kier molecular flexibility index (Phi) is 4.61. The largest absolute Gasteiger partial charge is 0.327 e. The van der Waals surface area contributed by atoms with Crippen molar-refractivity contribution in [3.63, 3.8) is 0 Å². The number of nitrogens with zero attached hydrogens (tertiary/aromatic N) is 2. The first-order chi connectivity index (χ1) is 8.98. The number of hydrogen-bond acceptors (Lipinski definition) is 4. The number of pyridine rings is 1. The number of hydrogen-bond donors (Lipinski definition) is 1. The van der Waals surface area contributed by atoms with E-state index in [0.717, 1.165) is 12.8 Å². The molecule has 1 saturated heterocycles. The molecule has 1 aromatic heterocycles. The summed E-state index contributed by atoms with van der Waals surface area (Å²) in [7, 11) is -3.50. The van der Waals surface area contributed by atoms with Crippen LogP contribution in [0.2, 0.25) is 5.02 Å². The van der Waals surface area contributed by atoms with E-state index in [2.05, 4.69) is 4.98 Å². The highest BCUT2D eigenvalue weighted by Gasteiger charge is 2.45. The molecular weight excluding hydrogens is 321 g/mol. The van der Waals surface area contributed by atoms with Gasteiger partial charge < -0.3 is 5.73 Å². The molecule has 1 saturated carbocycles. The molecule has 2 aliphatic rings. The van der Waals surface area contributed by atoms with Gasteiger partial charge in [-0.2, -0.15) is 4.31 Å². The van der Waals surface area contributed by atoms with E-state index < -0.39 is 10.0 Å². The summed E-state index contributed by atoms with van der Waals surface area (Å²) in [6.45, 7) is 1.08. The molecule has 0 spiro atoms. The first-order valence-electron chi connectivity index (χ1n) is 6.35. The Balaban J connectivity index is 0.00000147. The SMILES string of the molecule is Cl.NC1CCC2CN(S(=O)(=O)c3cncc(Cl)c3)CC12. The van der Waals surface area contributed by atoms with Crippen molar-refractivity contribution >= 4 is 34.0 Å². The molecule has 1 aliphatic carbocycles. The van der Waals surface area contributed by atoms with E-state index >= 15 is 0 Å². The predicted molar refractivity (Wildman–Crippen MR) is 79.4 cm³/mol. The van der Waals surface area contributed by atoms with Crippen molar-refractivity contribution < 1.29 is 8.42 Å². The lowest BCUT2D eigenvalue weighted by Crippen LogP contribution is -2.33. The second kappa shape index (κ2) is 5.77. The Morgan fingerprint density at radius 2 is 2.05 bits per heavy atom. The molecule has 3 rings (SSSR count). The van der Waals surface area contributed by atoms with E-state index in [-0.39, 0.29) is 23.3 Å². The fourth-order valence-corrected chi connectivity index (χ4v) is 4.91. The highest BCUT2D eigenvalue weighted by atomic mass is 35.5. The number of halogens is 2. The van der Waals surface area contributed by atoms with Gasteiger partial charge in [-0.1, -0.05) is 11.6 Å². The van der Waals surface area contributed by atoms with Crippen molar-refractivity contribution in [3.8, 4) is 0 Å². The molecule has 1 aliphatic heterocycles. The molecular formula is C12H17Cl2N3O2S. The van der Waals surface area contributed by atoms with Crippen LogP contribution in [0.25, 0.3) is 0 Å². The van der Waals surface area contributed by atoms with Crippen molar-refractivity contribution in [2.75, 3.05) is 13.1 Å². The van der Waals surface area contributed by atoms with Crippen LogP contribution in [-0.2, 0) is 10.0 Å². The molecule has 0 aromatic carbocycles. The van der Waals surface area contributed by atoms with E-state index in [1.165, 1.54) is 22.8 Å². The molecule has 3 unspecified atom stereocenters. The Hall–Kier alpha value is -0.400. The van der Waals surface area contributed by atoms with E-state index in [1.54, 1.807) is 0 Å². The third-order valence-electron chi connectivity index (χ3n) is 4.20. The fraction of sp³-hybridized carbons (Fsp3) is 0.583. The molecule has 20 heavy (non-hydrogen) atoms. The summed E-state index contributed by atoms with van der Waals surface area (Å²) in [6, 6.07) is 1.57. The number of sulfonamides is 1. The van der Waals surface area contributed by atoms with Crippen molar-refractivity contribution in [1.29, 1.82) is 0 Å². The Bertz CT molecular complexity index is 596. The van der Waals surface area contributed by atoms with Crippen LogP contribution in [0, 0.1) is 11.8 Å². The summed E-state index contributed by atoms with van der Waals surface area (Å²) in [5, 5.41) is 0.331. The zero-order valence-corrected chi connectivity index (χ0v) is 13.2. The van der Waals surface area contributed by atoms with Gasteiger partial charge in [0.05, 0.1) is 5.02 Å². The van der Waals surface area contributed by atoms with Gasteiger partial charge >= 0.3 is 0 Å². The zero-order valence-electron chi connectivity index (χ0n) is 10.8. The highest BCUT2D eigenvalue weighted by molar-refractivity contribution is 7.89. The number of fused-ring (bicyclic) bond motifs is 1. The van der Waals surface area contributed by atoms with Crippen molar-refractivity contribution in [1.82, 2.24) is 9.29 Å². The molecule has 112 valence electrons. The minimum atomic E-state index is -3.50. The van der Waals surface area contributed by atoms with Gasteiger partial charge in [0.1, 0.15) is 4.90 Å². The van der Waals surface area contributed by atoms with E-state index in [4.69, 9.17) is 17.3 Å². The van der Waals surface area contributed by atoms with Crippen LogP contribution in [0.5, 0.6) is 0 Å². The molecule has 8 heteroatoms. The van der Waals surface area contributed by atoms with Crippen LogP contribution in [0.15, 0.2) is 23.4 Å². The average molecular weight is 338 g/mol. The topological polar surface area (TPSA) is 76.3 Å². The first-order valence-corrected chi connectivity index (χ1v) is 8.16. The van der Waals surface area contributed by atoms with Crippen LogP contribution in [0.4, 0.5) is 0 Å². The van der Waals surface area contributed by atoms with E-state index in [9.17, 15) is 8.42 Å². The monoisotopic (exact) mass is 337 g/mol. The summed E-state index contributed by atoms with van der Waals surface area (Å²) < 4.78 is 26.5. The normalized spacial score (nSPS) is 30.0. The summed E-state index contributed by atoms with van der Waals surface area (Å²) in [5.74, 6) is 0.693. The summed E-state index contributed by atoms with van der Waals surface area (Å²) >= 11 is 5.81. The third-order valence-corrected chi connectivity index (χ3v) is 6.20. The van der Waals surface area contributed by atoms with Gasteiger partial charge in [-0.15, -0.1) is 12.4 Å². The maximum absolute atomic E-state index is 12.5. The molecule has 2 N–H and O–H groups in total. The minimum Gasteiger partial charge on any atom is -0.327 e. The molecule has 2 fully saturated rings. The predicted octanol–water partition coefficient (Wildman–Crippen LogP) is 1.51. The van der Waals surface area contributed by atoms with Gasteiger partial charge in [0.25, 0.3) is 0 Å². The first kappa shape index (κ1) is 16.0. The van der Waals surface area contributed by atoms with Crippen LogP contribution < -0.4 is 5.73 Å². The summed E-state index contributed by atoms with van der Waals surface area (Å²) in [4.78, 5) is 4.01. The Morgan fingerprint density at radius 1 is 1.30 bits per heavy atom. The van der Waals surface area contributed by atoms with Gasteiger partial charge in [0.15, 0.2) is 0 Å². The van der Waals surface area contributed by atoms with Crippen molar-refractivity contribution in [2.24, 2.45) is 17.6 Å². The van der Waals surface area contributed by atoms with Gasteiger partial charge in [0, 0.05) is 31.5 Å². The third kappa shape index (κ3) is 2.67. The lowest BCUT2D eigenvalue weighted by atomic mass is 9.98. The minimum absolute atomic E-state index is 0. The lowest BCUT2D eigenvalue weighted by molar-refractivity contribution is 0.427. The van der Waals surface area contributed by atoms with Crippen molar-refractivity contribution in [3.05, 3.63) is 23.5 Å². The van der Waals surface area contributed by atoms with E-state index in [0.29, 0.717) is 29.9 Å². The summed E-state index contributed by atoms with van der Waals surface area (Å²) in [5.41, 5.74) is 6.03. The number of rotatable bonds is 2. The number of nitrogens with two attached hydrogens (primary N) is 1. The van der Waals surface area contributed by atoms with Gasteiger partial charge in [-0.25, -0.2) is 8.42 Å². The second-order valence-corrected chi connectivity index (χ2v) is 7.70. The van der Waals surface area contributed by atoms with Crippen LogP contribution >= 0.6 is 24.0 Å². The second-order valence-electron chi connectivity index (χ2n) is 5.33. The van der Waals surface area contributed by atoms with E-state index in [1.807, 2.05) is 0 Å². The molecule has 0 bridgehead atoms. The fourth-order valence-electron chi connectivity index (χ4n) is 3.15. The maximum Gasteiger partial charge on any atom is 0.244 e. The molecule has 2 heterocycles. The average Bonchev–Trinajstić information content (AvgIpc) is 2.92. The zero-order chi connectivity index (χ0) is 13.6. The highest BCUT2D eigenvalue weighted by Crippen LogP contribution is 2.39. The molecule has 5 nitrogen and oxygen atoms in total. The molecule has 3 atom stereocenters. The molecule has 1 aromatic rings. The van der Waals surface area contributed by atoms with Gasteiger partial charge in [-0.3, -0.25) is 4.98 Å². The Morgan fingerprint density at radius 3 is 2.70 bits per heavy atom. The number of aromatic nitrogens is 1.